The second kappa shape index (κ2) is 6.23. The van der Waals surface area contributed by atoms with Crippen molar-refractivity contribution < 1.29 is 13.2 Å². The molecular formula is C14H20F3N. The fourth-order valence-electron chi connectivity index (χ4n) is 2.04. The van der Waals surface area contributed by atoms with E-state index in [4.69, 9.17) is 0 Å². The maximum Gasteiger partial charge on any atom is 0.416 e. The van der Waals surface area contributed by atoms with E-state index >= 15 is 0 Å². The van der Waals surface area contributed by atoms with Gasteiger partial charge in [-0.3, -0.25) is 0 Å². The molecule has 0 aliphatic heterocycles. The highest BCUT2D eigenvalue weighted by Gasteiger charge is 2.30. The van der Waals surface area contributed by atoms with Crippen LogP contribution in [-0.4, -0.2) is 6.54 Å². The molecule has 0 fully saturated rings. The molecule has 0 aromatic heterocycles. The molecule has 0 saturated heterocycles. The van der Waals surface area contributed by atoms with Crippen molar-refractivity contribution in [1.29, 1.82) is 0 Å². The van der Waals surface area contributed by atoms with Gasteiger partial charge in [-0.1, -0.05) is 19.9 Å². The average Bonchev–Trinajstić information content (AvgIpc) is 2.30. The number of benzene rings is 1. The minimum Gasteiger partial charge on any atom is -0.310 e. The molecule has 1 aromatic carbocycles. The number of alkyl halides is 3. The lowest BCUT2D eigenvalue weighted by Gasteiger charge is -2.20. The Hall–Kier alpha value is -1.03. The van der Waals surface area contributed by atoms with Crippen molar-refractivity contribution in [2.45, 2.75) is 45.8 Å². The van der Waals surface area contributed by atoms with Gasteiger partial charge in [0.1, 0.15) is 0 Å². The predicted molar refractivity (Wildman–Crippen MR) is 67.5 cm³/mol. The number of aryl methyl sites for hydroxylation is 1. The summed E-state index contributed by atoms with van der Waals surface area (Å²) in [5.74, 6) is 0. The number of hydrogen-bond donors (Lipinski definition) is 1. The van der Waals surface area contributed by atoms with E-state index in [-0.39, 0.29) is 6.04 Å². The van der Waals surface area contributed by atoms with Gasteiger partial charge in [0.05, 0.1) is 5.56 Å². The first kappa shape index (κ1) is 15.0. The number of halogens is 3. The van der Waals surface area contributed by atoms with Crippen LogP contribution in [0.15, 0.2) is 18.2 Å². The summed E-state index contributed by atoms with van der Waals surface area (Å²) < 4.78 is 37.7. The summed E-state index contributed by atoms with van der Waals surface area (Å²) >= 11 is 0. The predicted octanol–water partition coefficient (Wildman–Crippen LogP) is 4.46. The first-order chi connectivity index (χ1) is 8.40. The van der Waals surface area contributed by atoms with Gasteiger partial charge in [-0.2, -0.15) is 13.2 Å². The SMILES string of the molecule is CCCNC(CC)c1ccc(C(F)(F)F)cc1C. The minimum atomic E-state index is -4.26. The van der Waals surface area contributed by atoms with Crippen LogP contribution >= 0.6 is 0 Å². The lowest BCUT2D eigenvalue weighted by molar-refractivity contribution is -0.137. The second-order valence-corrected chi connectivity index (χ2v) is 4.48. The topological polar surface area (TPSA) is 12.0 Å². The van der Waals surface area contributed by atoms with E-state index in [0.29, 0.717) is 5.56 Å². The summed E-state index contributed by atoms with van der Waals surface area (Å²) in [5, 5.41) is 3.35. The van der Waals surface area contributed by atoms with E-state index in [0.717, 1.165) is 24.9 Å². The molecule has 1 rings (SSSR count). The van der Waals surface area contributed by atoms with Crippen LogP contribution < -0.4 is 5.32 Å². The normalized spacial score (nSPS) is 13.7. The minimum absolute atomic E-state index is 0.132. The third kappa shape index (κ3) is 3.73. The lowest BCUT2D eigenvalue weighted by Crippen LogP contribution is -2.22. The van der Waals surface area contributed by atoms with Crippen molar-refractivity contribution in [2.75, 3.05) is 6.54 Å². The van der Waals surface area contributed by atoms with Gasteiger partial charge < -0.3 is 5.32 Å². The Morgan fingerprint density at radius 3 is 2.33 bits per heavy atom. The van der Waals surface area contributed by atoms with Gasteiger partial charge >= 0.3 is 6.18 Å². The summed E-state index contributed by atoms with van der Waals surface area (Å²) in [4.78, 5) is 0. The molecule has 0 heterocycles. The monoisotopic (exact) mass is 259 g/mol. The molecular weight excluding hydrogens is 239 g/mol. The molecule has 1 aromatic rings. The summed E-state index contributed by atoms with van der Waals surface area (Å²) in [7, 11) is 0. The second-order valence-electron chi connectivity index (χ2n) is 4.48. The van der Waals surface area contributed by atoms with Crippen molar-refractivity contribution in [1.82, 2.24) is 5.32 Å². The summed E-state index contributed by atoms with van der Waals surface area (Å²) in [6, 6.07) is 4.12. The van der Waals surface area contributed by atoms with Gasteiger partial charge in [0.15, 0.2) is 0 Å². The third-order valence-corrected chi connectivity index (χ3v) is 3.02. The highest BCUT2D eigenvalue weighted by atomic mass is 19.4. The molecule has 1 atom stereocenters. The van der Waals surface area contributed by atoms with Crippen LogP contribution in [0.1, 0.15) is 49.4 Å². The zero-order valence-electron chi connectivity index (χ0n) is 11.1. The molecule has 1 N–H and O–H groups in total. The van der Waals surface area contributed by atoms with E-state index in [1.165, 1.54) is 12.1 Å². The largest absolute Gasteiger partial charge is 0.416 e. The quantitative estimate of drug-likeness (QED) is 0.823. The first-order valence-electron chi connectivity index (χ1n) is 6.31. The van der Waals surface area contributed by atoms with Crippen molar-refractivity contribution in [3.63, 3.8) is 0 Å². The fourth-order valence-corrected chi connectivity index (χ4v) is 2.04. The first-order valence-corrected chi connectivity index (χ1v) is 6.31. The maximum atomic E-state index is 12.6. The zero-order valence-corrected chi connectivity index (χ0v) is 11.1. The van der Waals surface area contributed by atoms with Gasteiger partial charge in [0.2, 0.25) is 0 Å². The molecule has 0 bridgehead atoms. The van der Waals surface area contributed by atoms with Crippen molar-refractivity contribution >= 4 is 0 Å². The van der Waals surface area contributed by atoms with E-state index < -0.39 is 11.7 Å². The number of nitrogens with one attached hydrogen (secondary N) is 1. The molecule has 0 aliphatic carbocycles. The van der Waals surface area contributed by atoms with Gasteiger partial charge in [0.25, 0.3) is 0 Å². The summed E-state index contributed by atoms with van der Waals surface area (Å²) in [6.45, 7) is 6.71. The van der Waals surface area contributed by atoms with E-state index in [1.807, 2.05) is 6.92 Å². The average molecular weight is 259 g/mol. The van der Waals surface area contributed by atoms with E-state index in [2.05, 4.69) is 12.2 Å². The zero-order chi connectivity index (χ0) is 13.8. The van der Waals surface area contributed by atoms with Gasteiger partial charge in [-0.15, -0.1) is 0 Å². The van der Waals surface area contributed by atoms with Crippen LogP contribution in [0, 0.1) is 6.92 Å². The smallest absolute Gasteiger partial charge is 0.310 e. The van der Waals surface area contributed by atoms with Crippen LogP contribution in [0.5, 0.6) is 0 Å². The van der Waals surface area contributed by atoms with Gasteiger partial charge in [-0.05, 0) is 49.6 Å². The van der Waals surface area contributed by atoms with Crippen molar-refractivity contribution in [3.8, 4) is 0 Å². The Kier molecular flexibility index (Phi) is 5.20. The van der Waals surface area contributed by atoms with Crippen molar-refractivity contribution in [2.24, 2.45) is 0 Å². The van der Waals surface area contributed by atoms with Crippen LogP contribution in [0.3, 0.4) is 0 Å². The molecule has 1 unspecified atom stereocenters. The Balaban J connectivity index is 2.96. The third-order valence-electron chi connectivity index (χ3n) is 3.02. The highest BCUT2D eigenvalue weighted by Crippen LogP contribution is 2.32. The molecule has 4 heteroatoms. The molecule has 0 aliphatic rings. The molecule has 0 radical (unpaired) electrons. The molecule has 102 valence electrons. The molecule has 0 spiro atoms. The van der Waals surface area contributed by atoms with Crippen LogP contribution in [0.4, 0.5) is 13.2 Å². The Bertz CT molecular complexity index is 385. The lowest BCUT2D eigenvalue weighted by atomic mass is 9.97. The number of rotatable bonds is 5. The molecule has 0 amide bonds. The fraction of sp³-hybridized carbons (Fsp3) is 0.571. The Morgan fingerprint density at radius 1 is 1.22 bits per heavy atom. The van der Waals surface area contributed by atoms with E-state index in [1.54, 1.807) is 13.0 Å². The summed E-state index contributed by atoms with van der Waals surface area (Å²) in [6.07, 6.45) is -2.38. The Labute approximate surface area is 106 Å². The van der Waals surface area contributed by atoms with Crippen LogP contribution in [-0.2, 0) is 6.18 Å². The van der Waals surface area contributed by atoms with E-state index in [9.17, 15) is 13.2 Å². The van der Waals surface area contributed by atoms with Crippen LogP contribution in [0.2, 0.25) is 0 Å². The summed E-state index contributed by atoms with van der Waals surface area (Å²) in [5.41, 5.74) is 1.08. The van der Waals surface area contributed by atoms with Crippen molar-refractivity contribution in [3.05, 3.63) is 34.9 Å². The van der Waals surface area contributed by atoms with Gasteiger partial charge in [-0.25, -0.2) is 0 Å². The number of hydrogen-bond acceptors (Lipinski definition) is 1. The highest BCUT2D eigenvalue weighted by molar-refractivity contribution is 5.34. The molecule has 1 nitrogen and oxygen atoms in total. The van der Waals surface area contributed by atoms with Crippen LogP contribution in [0.25, 0.3) is 0 Å². The Morgan fingerprint density at radius 2 is 1.89 bits per heavy atom. The maximum absolute atomic E-state index is 12.6. The molecule has 0 saturated carbocycles. The standard InChI is InChI=1S/C14H20F3N/c1-4-8-18-13(5-2)12-7-6-11(9-10(12)3)14(15,16)17/h6-7,9,13,18H,4-5,8H2,1-3H3. The van der Waals surface area contributed by atoms with Gasteiger partial charge in [0, 0.05) is 6.04 Å². The molecule has 18 heavy (non-hydrogen) atoms.